The maximum absolute atomic E-state index is 13.0. The summed E-state index contributed by atoms with van der Waals surface area (Å²) in [6, 6.07) is 17.8. The summed E-state index contributed by atoms with van der Waals surface area (Å²) in [4.78, 5) is 24.4. The highest BCUT2D eigenvalue weighted by atomic mass is 32.2. The first-order valence-corrected chi connectivity index (χ1v) is 14.3. The smallest absolute Gasteiger partial charge is 0.322 e. The van der Waals surface area contributed by atoms with Crippen molar-refractivity contribution in [2.45, 2.75) is 38.1 Å². The van der Waals surface area contributed by atoms with Gasteiger partial charge in [-0.3, -0.25) is 9.59 Å². The predicted octanol–water partition coefficient (Wildman–Crippen LogP) is 5.24. The molecule has 0 unspecified atom stereocenters. The molecule has 210 valence electrons. The number of sulfonamides is 1. The number of carbonyl (C=O) groups excluding carboxylic acids is 1. The number of ether oxygens (including phenoxy) is 1. The van der Waals surface area contributed by atoms with Crippen LogP contribution in [0.5, 0.6) is 0 Å². The van der Waals surface area contributed by atoms with E-state index in [0.717, 1.165) is 27.6 Å². The van der Waals surface area contributed by atoms with E-state index in [2.05, 4.69) is 10.0 Å². The van der Waals surface area contributed by atoms with Gasteiger partial charge in [0.2, 0.25) is 10.0 Å². The lowest BCUT2D eigenvalue weighted by Crippen LogP contribution is -2.44. The summed E-state index contributed by atoms with van der Waals surface area (Å²) in [6.45, 7) is 5.70. The molecule has 0 aliphatic heterocycles. The van der Waals surface area contributed by atoms with E-state index in [0.29, 0.717) is 24.3 Å². The van der Waals surface area contributed by atoms with Crippen molar-refractivity contribution in [3.8, 4) is 11.1 Å². The quantitative estimate of drug-likeness (QED) is 0.227. The number of rotatable bonds is 11. The number of hydrogen-bond donors (Lipinski definition) is 3. The second-order valence-electron chi connectivity index (χ2n) is 9.83. The summed E-state index contributed by atoms with van der Waals surface area (Å²) in [7, 11) is -2.36. The lowest BCUT2D eigenvalue weighted by atomic mass is 10.0. The summed E-state index contributed by atoms with van der Waals surface area (Å²) < 4.78 is 38.7. The van der Waals surface area contributed by atoms with Gasteiger partial charge in [-0.2, -0.15) is 4.72 Å². The first-order chi connectivity index (χ1) is 19.0. The van der Waals surface area contributed by atoms with E-state index in [9.17, 15) is 23.1 Å². The molecule has 0 fully saturated rings. The van der Waals surface area contributed by atoms with Crippen molar-refractivity contribution in [2.24, 2.45) is 5.92 Å². The Balaban J connectivity index is 1.48. The van der Waals surface area contributed by atoms with Crippen LogP contribution in [0.1, 0.15) is 35.5 Å². The number of furan rings is 1. The maximum Gasteiger partial charge on any atom is 0.322 e. The zero-order valence-electron chi connectivity index (χ0n) is 22.7. The van der Waals surface area contributed by atoms with Crippen LogP contribution in [0.4, 0.5) is 5.69 Å². The van der Waals surface area contributed by atoms with Crippen molar-refractivity contribution in [1.29, 1.82) is 0 Å². The topological polar surface area (TPSA) is 135 Å². The molecule has 1 aromatic heterocycles. The molecule has 1 heterocycles. The number of carbonyl (C=O) groups is 2. The van der Waals surface area contributed by atoms with Gasteiger partial charge in [0, 0.05) is 23.7 Å². The summed E-state index contributed by atoms with van der Waals surface area (Å²) in [5.74, 6) is -1.76. The number of hydrogen-bond acceptors (Lipinski definition) is 6. The lowest BCUT2D eigenvalue weighted by molar-refractivity contribution is -0.140. The summed E-state index contributed by atoms with van der Waals surface area (Å²) in [5, 5.41) is 13.1. The first kappa shape index (κ1) is 29.0. The molecule has 1 amide bonds. The van der Waals surface area contributed by atoms with Gasteiger partial charge in [0.1, 0.15) is 11.6 Å². The van der Waals surface area contributed by atoms with Crippen molar-refractivity contribution in [3.63, 3.8) is 0 Å². The van der Waals surface area contributed by atoms with Gasteiger partial charge in [-0.15, -0.1) is 0 Å². The Morgan fingerprint density at radius 1 is 0.975 bits per heavy atom. The number of benzene rings is 3. The minimum absolute atomic E-state index is 0.0291. The second kappa shape index (κ2) is 12.0. The van der Waals surface area contributed by atoms with Gasteiger partial charge in [-0.25, -0.2) is 8.42 Å². The molecule has 4 rings (SSSR count). The summed E-state index contributed by atoms with van der Waals surface area (Å²) in [5.41, 5.74) is 4.61. The van der Waals surface area contributed by atoms with Crippen molar-refractivity contribution in [2.75, 3.05) is 19.0 Å². The monoisotopic (exact) mass is 564 g/mol. The van der Waals surface area contributed by atoms with E-state index < -0.39 is 28.0 Å². The zero-order valence-corrected chi connectivity index (χ0v) is 23.5. The van der Waals surface area contributed by atoms with Crippen LogP contribution in [-0.2, 0) is 26.0 Å². The minimum Gasteiger partial charge on any atom is -0.480 e. The summed E-state index contributed by atoms with van der Waals surface area (Å²) in [6.07, 6.45) is 0.709. The number of carboxylic acids is 1. The van der Waals surface area contributed by atoms with Crippen molar-refractivity contribution in [1.82, 2.24) is 4.72 Å². The Kier molecular flexibility index (Phi) is 8.73. The number of aliphatic carboxylic acids is 1. The molecule has 9 nitrogen and oxygen atoms in total. The first-order valence-electron chi connectivity index (χ1n) is 12.8. The summed E-state index contributed by atoms with van der Waals surface area (Å²) >= 11 is 0. The predicted molar refractivity (Wildman–Crippen MR) is 153 cm³/mol. The van der Waals surface area contributed by atoms with Gasteiger partial charge in [0.05, 0.1) is 11.5 Å². The highest BCUT2D eigenvalue weighted by Crippen LogP contribution is 2.30. The third-order valence-corrected chi connectivity index (χ3v) is 8.13. The van der Waals surface area contributed by atoms with Crippen LogP contribution in [-0.4, -0.2) is 45.2 Å². The Hall–Kier alpha value is -3.99. The lowest BCUT2D eigenvalue weighted by Gasteiger charge is -2.18. The third-order valence-electron chi connectivity index (χ3n) is 6.68. The molecule has 3 aromatic carbocycles. The van der Waals surface area contributed by atoms with Crippen LogP contribution in [0.3, 0.4) is 0 Å². The van der Waals surface area contributed by atoms with Crippen LogP contribution in [0.25, 0.3) is 22.1 Å². The Bertz CT molecular complexity index is 1620. The van der Waals surface area contributed by atoms with Crippen molar-refractivity contribution in [3.05, 3.63) is 83.6 Å². The SMILES string of the molecule is COCCc1cccc2oc(C(=O)Nc3ccc(-c4ccc(S(=O)(=O)N[C@@H](C(=O)O)C(C)C)cc4)cc3)c(C)c12. The van der Waals surface area contributed by atoms with E-state index >= 15 is 0 Å². The molecule has 0 aliphatic carbocycles. The van der Waals surface area contributed by atoms with Crippen LogP contribution in [0, 0.1) is 12.8 Å². The van der Waals surface area contributed by atoms with Gasteiger partial charge < -0.3 is 19.6 Å². The molecule has 0 spiro atoms. The van der Waals surface area contributed by atoms with E-state index in [1.807, 2.05) is 37.3 Å². The Morgan fingerprint density at radius 3 is 2.17 bits per heavy atom. The molecule has 1 atom stereocenters. The van der Waals surface area contributed by atoms with Crippen LogP contribution in [0.2, 0.25) is 0 Å². The molecular formula is C30H32N2O7S. The fourth-order valence-electron chi connectivity index (χ4n) is 4.49. The number of nitrogens with one attached hydrogen (secondary N) is 2. The second-order valence-corrected chi connectivity index (χ2v) is 11.5. The third kappa shape index (κ3) is 6.25. The van der Waals surface area contributed by atoms with Crippen LogP contribution in [0.15, 0.2) is 76.0 Å². The average molecular weight is 565 g/mol. The molecule has 3 N–H and O–H groups in total. The molecule has 10 heteroatoms. The molecule has 4 aromatic rings. The molecule has 0 radical (unpaired) electrons. The standard InChI is InChI=1S/C30H32N2O7S/c1-18(2)27(30(34)35)32-40(36,37)24-14-10-21(11-15-24)20-8-12-23(13-9-20)31-29(33)28-19(3)26-22(16-17-38-4)6-5-7-25(26)39-28/h5-15,18,27,32H,16-17H2,1-4H3,(H,31,33)(H,34,35)/t27-/m1/s1. The van der Waals surface area contributed by atoms with Gasteiger partial charge in [-0.05, 0) is 66.3 Å². The van der Waals surface area contributed by atoms with Crippen molar-refractivity contribution >= 4 is 38.6 Å². The van der Waals surface area contributed by atoms with Gasteiger partial charge in [0.25, 0.3) is 5.91 Å². The van der Waals surface area contributed by atoms with E-state index in [1.54, 1.807) is 45.2 Å². The van der Waals surface area contributed by atoms with Gasteiger partial charge in [0.15, 0.2) is 5.76 Å². The molecule has 0 bridgehead atoms. The van der Waals surface area contributed by atoms with Crippen molar-refractivity contribution < 1.29 is 32.3 Å². The van der Waals surface area contributed by atoms with Crippen LogP contribution < -0.4 is 10.0 Å². The number of anilines is 1. The fraction of sp³-hybridized carbons (Fsp3) is 0.267. The number of aryl methyl sites for hydroxylation is 1. The molecular weight excluding hydrogens is 532 g/mol. The van der Waals surface area contributed by atoms with E-state index in [1.165, 1.54) is 12.1 Å². The normalized spacial score (nSPS) is 12.5. The number of amides is 1. The Morgan fingerprint density at radius 2 is 1.60 bits per heavy atom. The van der Waals surface area contributed by atoms with Gasteiger partial charge in [-0.1, -0.05) is 50.2 Å². The highest BCUT2D eigenvalue weighted by molar-refractivity contribution is 7.89. The largest absolute Gasteiger partial charge is 0.480 e. The Labute approximate surface area is 233 Å². The maximum atomic E-state index is 13.0. The molecule has 0 saturated carbocycles. The minimum atomic E-state index is -4.01. The zero-order chi connectivity index (χ0) is 29.0. The molecule has 0 saturated heterocycles. The average Bonchev–Trinajstić information content (AvgIpc) is 3.28. The highest BCUT2D eigenvalue weighted by Gasteiger charge is 2.28. The number of carboxylic acid groups (broad SMARTS) is 1. The van der Waals surface area contributed by atoms with Gasteiger partial charge >= 0.3 is 5.97 Å². The van der Waals surface area contributed by atoms with E-state index in [4.69, 9.17) is 9.15 Å². The van der Waals surface area contributed by atoms with E-state index in [-0.39, 0.29) is 16.6 Å². The number of methoxy groups -OCH3 is 1. The fourth-order valence-corrected chi connectivity index (χ4v) is 5.83. The molecule has 0 aliphatic rings. The number of fused-ring (bicyclic) bond motifs is 1. The molecule has 40 heavy (non-hydrogen) atoms. The van der Waals surface area contributed by atoms with Crippen LogP contribution >= 0.6 is 0 Å².